The van der Waals surface area contributed by atoms with E-state index in [1.54, 1.807) is 6.07 Å². The van der Waals surface area contributed by atoms with E-state index in [9.17, 15) is 13.2 Å². The molecule has 0 saturated carbocycles. The lowest BCUT2D eigenvalue weighted by atomic mass is 9.99. The van der Waals surface area contributed by atoms with E-state index in [1.807, 2.05) is 23.6 Å². The molecule has 1 atom stereocenters. The zero-order valence-corrected chi connectivity index (χ0v) is 16.0. The van der Waals surface area contributed by atoms with Gasteiger partial charge in [0.2, 0.25) is 15.9 Å². The second-order valence-corrected chi connectivity index (χ2v) is 9.21. The predicted molar refractivity (Wildman–Crippen MR) is 100 cm³/mol. The zero-order chi connectivity index (χ0) is 18.0. The zero-order valence-electron chi connectivity index (χ0n) is 13.6. The third kappa shape index (κ3) is 4.38. The van der Waals surface area contributed by atoms with Gasteiger partial charge in [-0.05, 0) is 18.9 Å². The Morgan fingerprint density at radius 3 is 2.88 bits per heavy atom. The molecule has 3 rings (SSSR count). The van der Waals surface area contributed by atoms with Crippen LogP contribution in [0.15, 0.2) is 29.6 Å². The van der Waals surface area contributed by atoms with Crippen molar-refractivity contribution < 1.29 is 13.2 Å². The first-order chi connectivity index (χ1) is 11.8. The number of piperidine rings is 1. The lowest BCUT2D eigenvalue weighted by Gasteiger charge is -2.29. The molecule has 1 unspecified atom stereocenters. The number of halogens is 1. The van der Waals surface area contributed by atoms with Crippen molar-refractivity contribution in [1.82, 2.24) is 9.29 Å². The molecule has 0 radical (unpaired) electrons. The summed E-state index contributed by atoms with van der Waals surface area (Å²) in [6.45, 7) is 0.684. The van der Waals surface area contributed by atoms with E-state index < -0.39 is 10.0 Å². The van der Waals surface area contributed by atoms with Gasteiger partial charge in [0.1, 0.15) is 0 Å². The Morgan fingerprint density at radius 1 is 1.40 bits per heavy atom. The quantitative estimate of drug-likeness (QED) is 0.856. The van der Waals surface area contributed by atoms with Crippen LogP contribution in [-0.4, -0.2) is 43.0 Å². The van der Waals surface area contributed by atoms with E-state index >= 15 is 0 Å². The molecule has 6 nitrogen and oxygen atoms in total. The van der Waals surface area contributed by atoms with Crippen molar-refractivity contribution in [1.29, 1.82) is 0 Å². The Balaban J connectivity index is 1.69. The SMILES string of the molecule is CS(=O)(=O)N1CCCC(C(=O)Nc2nc(-c3ccccc3Cl)cs2)C1. The highest BCUT2D eigenvalue weighted by Crippen LogP contribution is 2.30. The number of benzene rings is 1. The molecule has 9 heteroatoms. The van der Waals surface area contributed by atoms with Crippen LogP contribution in [0.25, 0.3) is 11.3 Å². The molecule has 1 aliphatic heterocycles. The maximum atomic E-state index is 12.5. The summed E-state index contributed by atoms with van der Waals surface area (Å²) in [5.74, 6) is -0.565. The third-order valence-electron chi connectivity index (χ3n) is 4.11. The largest absolute Gasteiger partial charge is 0.302 e. The summed E-state index contributed by atoms with van der Waals surface area (Å²) >= 11 is 7.49. The number of hydrogen-bond acceptors (Lipinski definition) is 5. The molecule has 0 spiro atoms. The first-order valence-electron chi connectivity index (χ1n) is 7.81. The molecular formula is C16H18ClN3O3S2. The average Bonchev–Trinajstić information content (AvgIpc) is 3.03. The standard InChI is InChI=1S/C16H18ClN3O3S2/c1-25(22,23)20-8-4-5-11(9-20)15(21)19-16-18-14(10-24-16)12-6-2-3-7-13(12)17/h2-3,6-7,10-11H,4-5,8-9H2,1H3,(H,18,19,21). The number of anilines is 1. The van der Waals surface area contributed by atoms with Crippen molar-refractivity contribution in [3.05, 3.63) is 34.7 Å². The number of thiazole rings is 1. The van der Waals surface area contributed by atoms with Gasteiger partial charge in [0.05, 0.1) is 17.9 Å². The highest BCUT2D eigenvalue weighted by Gasteiger charge is 2.30. The van der Waals surface area contributed by atoms with E-state index in [0.29, 0.717) is 35.2 Å². The van der Waals surface area contributed by atoms with Crippen LogP contribution >= 0.6 is 22.9 Å². The van der Waals surface area contributed by atoms with E-state index in [-0.39, 0.29) is 18.4 Å². The van der Waals surface area contributed by atoms with Gasteiger partial charge in [-0.25, -0.2) is 17.7 Å². The highest BCUT2D eigenvalue weighted by molar-refractivity contribution is 7.88. The van der Waals surface area contributed by atoms with Gasteiger partial charge in [-0.15, -0.1) is 11.3 Å². The Hall–Kier alpha value is -1.48. The molecule has 1 amide bonds. The topological polar surface area (TPSA) is 79.4 Å². The fourth-order valence-corrected chi connectivity index (χ4v) is 4.65. The Kier molecular flexibility index (Phi) is 5.43. The number of amides is 1. The minimum Gasteiger partial charge on any atom is -0.302 e. The van der Waals surface area contributed by atoms with Gasteiger partial charge < -0.3 is 5.32 Å². The van der Waals surface area contributed by atoms with Gasteiger partial charge in [-0.3, -0.25) is 4.79 Å². The summed E-state index contributed by atoms with van der Waals surface area (Å²) in [5, 5.41) is 5.71. The maximum absolute atomic E-state index is 12.5. The molecule has 1 aliphatic rings. The molecule has 0 aliphatic carbocycles. The first kappa shape index (κ1) is 18.3. The summed E-state index contributed by atoms with van der Waals surface area (Å²) in [6.07, 6.45) is 2.51. The molecule has 1 aromatic heterocycles. The van der Waals surface area contributed by atoms with Gasteiger partial charge in [0.25, 0.3) is 0 Å². The average molecular weight is 400 g/mol. The van der Waals surface area contributed by atoms with Crippen LogP contribution in [0.3, 0.4) is 0 Å². The maximum Gasteiger partial charge on any atom is 0.230 e. The Morgan fingerprint density at radius 2 is 2.16 bits per heavy atom. The van der Waals surface area contributed by atoms with Crippen LogP contribution in [0.4, 0.5) is 5.13 Å². The smallest absolute Gasteiger partial charge is 0.230 e. The van der Waals surface area contributed by atoms with Crippen LogP contribution in [-0.2, 0) is 14.8 Å². The number of aromatic nitrogens is 1. The molecule has 1 N–H and O–H groups in total. The lowest BCUT2D eigenvalue weighted by molar-refractivity contribution is -0.120. The van der Waals surface area contributed by atoms with Crippen LogP contribution in [0, 0.1) is 5.92 Å². The fraction of sp³-hybridized carbons (Fsp3) is 0.375. The molecule has 2 aromatic rings. The number of rotatable bonds is 4. The summed E-state index contributed by atoms with van der Waals surface area (Å²) in [7, 11) is -3.28. The van der Waals surface area contributed by atoms with Crippen molar-refractivity contribution in [2.45, 2.75) is 12.8 Å². The van der Waals surface area contributed by atoms with Crippen molar-refractivity contribution in [2.75, 3.05) is 24.7 Å². The van der Waals surface area contributed by atoms with E-state index in [2.05, 4.69) is 10.3 Å². The fourth-order valence-electron chi connectivity index (χ4n) is 2.79. The second kappa shape index (κ2) is 7.41. The molecule has 134 valence electrons. The van der Waals surface area contributed by atoms with E-state index in [1.165, 1.54) is 21.9 Å². The minimum absolute atomic E-state index is 0.201. The summed E-state index contributed by atoms with van der Waals surface area (Å²) < 4.78 is 24.7. The molecule has 25 heavy (non-hydrogen) atoms. The number of nitrogens with zero attached hydrogens (tertiary/aromatic N) is 2. The summed E-state index contributed by atoms with van der Waals surface area (Å²) in [4.78, 5) is 16.9. The monoisotopic (exact) mass is 399 g/mol. The van der Waals surface area contributed by atoms with Gasteiger partial charge in [0.15, 0.2) is 5.13 Å². The number of sulfonamides is 1. The minimum atomic E-state index is -3.28. The molecular weight excluding hydrogens is 382 g/mol. The van der Waals surface area contributed by atoms with Crippen molar-refractivity contribution >= 4 is 44.0 Å². The lowest BCUT2D eigenvalue weighted by Crippen LogP contribution is -2.43. The second-order valence-electron chi connectivity index (χ2n) is 5.97. The first-order valence-corrected chi connectivity index (χ1v) is 10.9. The van der Waals surface area contributed by atoms with Gasteiger partial charge >= 0.3 is 0 Å². The van der Waals surface area contributed by atoms with E-state index in [0.717, 1.165) is 5.56 Å². The van der Waals surface area contributed by atoms with Crippen LogP contribution in [0.1, 0.15) is 12.8 Å². The van der Waals surface area contributed by atoms with Crippen LogP contribution < -0.4 is 5.32 Å². The van der Waals surface area contributed by atoms with Crippen molar-refractivity contribution in [3.63, 3.8) is 0 Å². The number of carbonyl (C=O) groups excluding carboxylic acids is 1. The van der Waals surface area contributed by atoms with Crippen LogP contribution in [0.2, 0.25) is 5.02 Å². The Bertz CT molecular complexity index is 882. The van der Waals surface area contributed by atoms with E-state index in [4.69, 9.17) is 11.6 Å². The third-order valence-corrected chi connectivity index (χ3v) is 6.47. The predicted octanol–water partition coefficient (Wildman–Crippen LogP) is 3.07. The molecule has 2 heterocycles. The summed E-state index contributed by atoms with van der Waals surface area (Å²) in [6, 6.07) is 7.38. The Labute approximate surface area is 155 Å². The van der Waals surface area contributed by atoms with Crippen molar-refractivity contribution in [3.8, 4) is 11.3 Å². The molecule has 1 saturated heterocycles. The number of nitrogens with one attached hydrogen (secondary N) is 1. The van der Waals surface area contributed by atoms with Crippen molar-refractivity contribution in [2.24, 2.45) is 5.92 Å². The number of hydrogen-bond donors (Lipinski definition) is 1. The normalized spacial score (nSPS) is 18.9. The van der Waals surface area contributed by atoms with Gasteiger partial charge in [-0.2, -0.15) is 0 Å². The van der Waals surface area contributed by atoms with Crippen LogP contribution in [0.5, 0.6) is 0 Å². The molecule has 1 fully saturated rings. The number of carbonyl (C=O) groups is 1. The molecule has 0 bridgehead atoms. The van der Waals surface area contributed by atoms with Gasteiger partial charge in [-0.1, -0.05) is 29.8 Å². The highest BCUT2D eigenvalue weighted by atomic mass is 35.5. The molecule has 1 aromatic carbocycles. The summed E-state index contributed by atoms with van der Waals surface area (Å²) in [5.41, 5.74) is 1.51. The van der Waals surface area contributed by atoms with Gasteiger partial charge in [0, 0.05) is 29.1 Å².